The Morgan fingerprint density at radius 2 is 2.00 bits per heavy atom. The van der Waals surface area contributed by atoms with Crippen LogP contribution in [0.3, 0.4) is 0 Å². The molecule has 96 valence electrons. The first-order valence-corrected chi connectivity index (χ1v) is 5.41. The van der Waals surface area contributed by atoms with E-state index in [-0.39, 0.29) is 17.1 Å². The summed E-state index contributed by atoms with van der Waals surface area (Å²) >= 11 is 0. The van der Waals surface area contributed by atoms with Gasteiger partial charge in [-0.3, -0.25) is 19.9 Å². The number of nitro benzene ring substituents is 1. The Morgan fingerprint density at radius 3 is 2.63 bits per heavy atom. The van der Waals surface area contributed by atoms with Crippen molar-refractivity contribution >= 4 is 17.3 Å². The van der Waals surface area contributed by atoms with Crippen molar-refractivity contribution in [3.63, 3.8) is 0 Å². The summed E-state index contributed by atoms with van der Waals surface area (Å²) in [6.07, 6.45) is 2.77. The number of anilines is 1. The number of benzene rings is 1. The first-order chi connectivity index (χ1) is 9.08. The van der Waals surface area contributed by atoms with Crippen molar-refractivity contribution in [3.8, 4) is 0 Å². The molecule has 0 unspecified atom stereocenters. The smallest absolute Gasteiger partial charge is 0.292 e. The van der Waals surface area contributed by atoms with E-state index in [9.17, 15) is 14.9 Å². The first-order valence-electron chi connectivity index (χ1n) is 5.41. The number of carbonyl (C=O) groups is 1. The quantitative estimate of drug-likeness (QED) is 0.670. The fourth-order valence-corrected chi connectivity index (χ4v) is 1.43. The maximum absolute atomic E-state index is 11.9. The zero-order chi connectivity index (χ0) is 13.8. The van der Waals surface area contributed by atoms with E-state index in [1.54, 1.807) is 13.0 Å². The van der Waals surface area contributed by atoms with Crippen molar-refractivity contribution in [3.05, 3.63) is 58.2 Å². The van der Waals surface area contributed by atoms with E-state index in [0.29, 0.717) is 5.69 Å². The number of rotatable bonds is 3. The van der Waals surface area contributed by atoms with Gasteiger partial charge < -0.3 is 5.32 Å². The average Bonchev–Trinajstić information content (AvgIpc) is 2.39. The summed E-state index contributed by atoms with van der Waals surface area (Å²) in [6, 6.07) is 5.90. The number of nitrogens with zero attached hydrogens (tertiary/aromatic N) is 3. The fourth-order valence-electron chi connectivity index (χ4n) is 1.43. The molecule has 0 saturated carbocycles. The number of para-hydroxylation sites is 2. The Balaban J connectivity index is 2.24. The SMILES string of the molecule is Cc1cnc(C(=O)Nc2ccccc2[N+](=O)[O-])cn1. The number of hydrogen-bond acceptors (Lipinski definition) is 5. The third-order valence-corrected chi connectivity index (χ3v) is 2.36. The molecule has 0 aliphatic rings. The van der Waals surface area contributed by atoms with Gasteiger partial charge in [0.05, 0.1) is 16.8 Å². The van der Waals surface area contributed by atoms with Crippen LogP contribution in [0, 0.1) is 17.0 Å². The molecule has 1 aromatic heterocycles. The van der Waals surface area contributed by atoms with Crippen LogP contribution in [0.2, 0.25) is 0 Å². The number of carbonyl (C=O) groups excluding carboxylic acids is 1. The lowest BCUT2D eigenvalue weighted by molar-refractivity contribution is -0.383. The van der Waals surface area contributed by atoms with Gasteiger partial charge in [0.15, 0.2) is 0 Å². The third kappa shape index (κ3) is 2.89. The Labute approximate surface area is 108 Å². The lowest BCUT2D eigenvalue weighted by Gasteiger charge is -2.05. The number of amides is 1. The molecule has 0 radical (unpaired) electrons. The van der Waals surface area contributed by atoms with Crippen molar-refractivity contribution < 1.29 is 9.72 Å². The van der Waals surface area contributed by atoms with Crippen molar-refractivity contribution in [2.45, 2.75) is 6.92 Å². The number of aromatic nitrogens is 2. The van der Waals surface area contributed by atoms with Gasteiger partial charge in [-0.2, -0.15) is 0 Å². The maximum atomic E-state index is 11.9. The standard InChI is InChI=1S/C12H10N4O3/c1-8-6-14-10(7-13-8)12(17)15-9-4-2-3-5-11(9)16(18)19/h2-7H,1H3,(H,15,17). The van der Waals surface area contributed by atoms with Gasteiger partial charge in [0.1, 0.15) is 11.4 Å². The average molecular weight is 258 g/mol. The van der Waals surface area contributed by atoms with Crippen LogP contribution in [0.5, 0.6) is 0 Å². The molecular formula is C12H10N4O3. The van der Waals surface area contributed by atoms with Gasteiger partial charge in [-0.25, -0.2) is 4.98 Å². The van der Waals surface area contributed by atoms with Crippen molar-refractivity contribution in [2.75, 3.05) is 5.32 Å². The molecule has 0 saturated heterocycles. The van der Waals surface area contributed by atoms with Gasteiger partial charge in [0, 0.05) is 12.3 Å². The summed E-state index contributed by atoms with van der Waals surface area (Å²) in [5, 5.41) is 13.3. The highest BCUT2D eigenvalue weighted by Crippen LogP contribution is 2.23. The molecule has 0 atom stereocenters. The number of hydrogen-bond donors (Lipinski definition) is 1. The molecule has 0 aliphatic carbocycles. The summed E-state index contributed by atoms with van der Waals surface area (Å²) in [5.74, 6) is -0.540. The third-order valence-electron chi connectivity index (χ3n) is 2.36. The van der Waals surface area contributed by atoms with Crippen LogP contribution in [0.4, 0.5) is 11.4 Å². The summed E-state index contributed by atoms with van der Waals surface area (Å²) < 4.78 is 0. The minimum Gasteiger partial charge on any atom is -0.315 e. The second-order valence-corrected chi connectivity index (χ2v) is 3.77. The van der Waals surface area contributed by atoms with E-state index in [1.807, 2.05) is 0 Å². The lowest BCUT2D eigenvalue weighted by atomic mass is 10.2. The second kappa shape index (κ2) is 5.21. The minimum atomic E-state index is -0.559. The maximum Gasteiger partial charge on any atom is 0.292 e. The normalized spacial score (nSPS) is 9.95. The van der Waals surface area contributed by atoms with E-state index < -0.39 is 10.8 Å². The van der Waals surface area contributed by atoms with E-state index >= 15 is 0 Å². The van der Waals surface area contributed by atoms with Crippen molar-refractivity contribution in [2.24, 2.45) is 0 Å². The predicted molar refractivity (Wildman–Crippen MR) is 67.8 cm³/mol. The van der Waals surface area contributed by atoms with E-state index in [4.69, 9.17) is 0 Å². The Morgan fingerprint density at radius 1 is 1.26 bits per heavy atom. The Hall–Kier alpha value is -2.83. The fraction of sp³-hybridized carbons (Fsp3) is 0.0833. The van der Waals surface area contributed by atoms with Gasteiger partial charge >= 0.3 is 0 Å². The molecular weight excluding hydrogens is 248 g/mol. The van der Waals surface area contributed by atoms with E-state index in [2.05, 4.69) is 15.3 Å². The van der Waals surface area contributed by atoms with Gasteiger partial charge in [-0.1, -0.05) is 12.1 Å². The molecule has 0 fully saturated rings. The van der Waals surface area contributed by atoms with Gasteiger partial charge in [-0.05, 0) is 13.0 Å². The Bertz CT molecular complexity index is 625. The monoisotopic (exact) mass is 258 g/mol. The van der Waals surface area contributed by atoms with E-state index in [0.717, 1.165) is 0 Å². The van der Waals surface area contributed by atoms with Gasteiger partial charge in [0.2, 0.25) is 0 Å². The van der Waals surface area contributed by atoms with Gasteiger partial charge in [0.25, 0.3) is 11.6 Å². The molecule has 0 spiro atoms. The number of aryl methyl sites for hydroxylation is 1. The molecule has 2 rings (SSSR count). The van der Waals surface area contributed by atoms with Crippen LogP contribution in [0.15, 0.2) is 36.7 Å². The minimum absolute atomic E-state index is 0.101. The summed E-state index contributed by atoms with van der Waals surface area (Å²) in [6.45, 7) is 1.75. The van der Waals surface area contributed by atoms with Gasteiger partial charge in [-0.15, -0.1) is 0 Å². The van der Waals surface area contributed by atoms with Crippen LogP contribution < -0.4 is 5.32 Å². The molecule has 1 aromatic carbocycles. The molecule has 7 nitrogen and oxygen atoms in total. The van der Waals surface area contributed by atoms with E-state index in [1.165, 1.54) is 30.6 Å². The molecule has 0 bridgehead atoms. The van der Waals surface area contributed by atoms with Crippen LogP contribution in [-0.2, 0) is 0 Å². The lowest BCUT2D eigenvalue weighted by Crippen LogP contribution is -2.15. The molecule has 1 amide bonds. The van der Waals surface area contributed by atoms with Crippen LogP contribution in [0.1, 0.15) is 16.2 Å². The molecule has 1 heterocycles. The first kappa shape index (κ1) is 12.6. The molecule has 1 N–H and O–H groups in total. The molecule has 7 heteroatoms. The highest BCUT2D eigenvalue weighted by molar-refractivity contribution is 6.03. The molecule has 2 aromatic rings. The highest BCUT2D eigenvalue weighted by Gasteiger charge is 2.16. The molecule has 0 aliphatic heterocycles. The summed E-state index contributed by atoms with van der Waals surface area (Å²) in [5.41, 5.74) is 0.738. The largest absolute Gasteiger partial charge is 0.315 e. The predicted octanol–water partition coefficient (Wildman–Crippen LogP) is 1.95. The van der Waals surface area contributed by atoms with Crippen LogP contribution in [0.25, 0.3) is 0 Å². The molecule has 19 heavy (non-hydrogen) atoms. The van der Waals surface area contributed by atoms with Crippen LogP contribution in [-0.4, -0.2) is 20.8 Å². The zero-order valence-corrected chi connectivity index (χ0v) is 10.0. The van der Waals surface area contributed by atoms with Crippen molar-refractivity contribution in [1.82, 2.24) is 9.97 Å². The van der Waals surface area contributed by atoms with Crippen LogP contribution >= 0.6 is 0 Å². The number of nitro groups is 1. The summed E-state index contributed by atoms with van der Waals surface area (Å²) in [4.78, 5) is 30.0. The zero-order valence-electron chi connectivity index (χ0n) is 10.0. The highest BCUT2D eigenvalue weighted by atomic mass is 16.6. The Kier molecular flexibility index (Phi) is 3.46. The number of nitrogens with one attached hydrogen (secondary N) is 1. The summed E-state index contributed by atoms with van der Waals surface area (Å²) in [7, 11) is 0. The second-order valence-electron chi connectivity index (χ2n) is 3.77. The topological polar surface area (TPSA) is 98.0 Å². The van der Waals surface area contributed by atoms with Crippen molar-refractivity contribution in [1.29, 1.82) is 0 Å².